The fourth-order valence-corrected chi connectivity index (χ4v) is 1.81. The molecule has 0 amide bonds. The summed E-state index contributed by atoms with van der Waals surface area (Å²) in [7, 11) is 0. The Kier molecular flexibility index (Phi) is 4.48. The Hall–Kier alpha value is -2.49. The number of esters is 1. The van der Waals surface area contributed by atoms with Gasteiger partial charge in [0.05, 0.1) is 0 Å². The monoisotopic (exact) mass is 285 g/mol. The molecule has 2 aromatic rings. The molecule has 4 heteroatoms. The van der Waals surface area contributed by atoms with Crippen LogP contribution in [0.25, 0.3) is 0 Å². The van der Waals surface area contributed by atoms with Crippen molar-refractivity contribution in [3.63, 3.8) is 0 Å². The number of carbonyl (C=O) groups is 1. The van der Waals surface area contributed by atoms with Gasteiger partial charge in [-0.15, -0.1) is 0 Å². The first kappa shape index (κ1) is 14.9. The first-order chi connectivity index (χ1) is 9.97. The molecule has 0 atom stereocenters. The number of rotatable bonds is 5. The molecule has 0 aliphatic rings. The second-order valence-corrected chi connectivity index (χ2v) is 5.25. The second-order valence-electron chi connectivity index (χ2n) is 5.25. The van der Waals surface area contributed by atoms with Crippen LogP contribution in [0.4, 0.5) is 5.69 Å². The molecule has 0 aliphatic carbocycles. The summed E-state index contributed by atoms with van der Waals surface area (Å²) in [6, 6.07) is 16.5. The molecule has 0 unspecified atom stereocenters. The minimum absolute atomic E-state index is 0.226. The predicted octanol–water partition coefficient (Wildman–Crippen LogP) is 3.17. The lowest BCUT2D eigenvalue weighted by molar-refractivity contribution is -0.160. The zero-order chi connectivity index (χ0) is 15.3. The molecule has 110 valence electrons. The van der Waals surface area contributed by atoms with Crippen LogP contribution in [0, 0.1) is 0 Å². The van der Waals surface area contributed by atoms with Crippen molar-refractivity contribution < 1.29 is 14.3 Å². The minimum atomic E-state index is -1.08. The maximum atomic E-state index is 12.1. The normalized spacial score (nSPS) is 11.0. The molecule has 21 heavy (non-hydrogen) atoms. The lowest BCUT2D eigenvalue weighted by Gasteiger charge is -2.24. The van der Waals surface area contributed by atoms with Crippen molar-refractivity contribution in [2.45, 2.75) is 26.1 Å². The van der Waals surface area contributed by atoms with Crippen molar-refractivity contribution >= 4 is 11.7 Å². The van der Waals surface area contributed by atoms with Gasteiger partial charge in [0, 0.05) is 11.8 Å². The Labute approximate surface area is 124 Å². The molecule has 0 fully saturated rings. The van der Waals surface area contributed by atoms with Gasteiger partial charge in [-0.25, -0.2) is 4.79 Å². The van der Waals surface area contributed by atoms with E-state index in [4.69, 9.17) is 15.2 Å². The highest BCUT2D eigenvalue weighted by Crippen LogP contribution is 2.22. The van der Waals surface area contributed by atoms with Gasteiger partial charge in [0.2, 0.25) is 0 Å². The quantitative estimate of drug-likeness (QED) is 0.677. The molecule has 0 aromatic heterocycles. The van der Waals surface area contributed by atoms with Crippen LogP contribution in [0.3, 0.4) is 0 Å². The van der Waals surface area contributed by atoms with Gasteiger partial charge in [0.15, 0.2) is 5.60 Å². The average Bonchev–Trinajstić information content (AvgIpc) is 2.45. The first-order valence-corrected chi connectivity index (χ1v) is 6.73. The van der Waals surface area contributed by atoms with Crippen LogP contribution in [-0.2, 0) is 16.1 Å². The van der Waals surface area contributed by atoms with Crippen molar-refractivity contribution in [1.82, 2.24) is 0 Å². The van der Waals surface area contributed by atoms with Crippen molar-refractivity contribution in [1.29, 1.82) is 0 Å². The Bertz CT molecular complexity index is 608. The maximum absolute atomic E-state index is 12.1. The maximum Gasteiger partial charge on any atom is 0.350 e. The fraction of sp³-hybridized carbons (Fsp3) is 0.235. The molecule has 0 spiro atoms. The molecule has 0 bridgehead atoms. The van der Waals surface area contributed by atoms with Gasteiger partial charge in [-0.2, -0.15) is 0 Å². The summed E-state index contributed by atoms with van der Waals surface area (Å²) in [5, 5.41) is 0. The molecule has 2 aromatic carbocycles. The van der Waals surface area contributed by atoms with Gasteiger partial charge in [0.25, 0.3) is 0 Å². The number of anilines is 1. The van der Waals surface area contributed by atoms with E-state index in [-0.39, 0.29) is 6.61 Å². The second kappa shape index (κ2) is 6.31. The van der Waals surface area contributed by atoms with Crippen LogP contribution >= 0.6 is 0 Å². The third-order valence-electron chi connectivity index (χ3n) is 2.94. The Morgan fingerprint density at radius 1 is 1.10 bits per heavy atom. The SMILES string of the molecule is CC(C)(Oc1cccc(N)c1)C(=O)OCc1ccccc1. The Balaban J connectivity index is 1.96. The zero-order valence-corrected chi connectivity index (χ0v) is 12.2. The van der Waals surface area contributed by atoms with E-state index in [0.717, 1.165) is 5.56 Å². The molecule has 0 radical (unpaired) electrons. The van der Waals surface area contributed by atoms with E-state index < -0.39 is 11.6 Å². The highest BCUT2D eigenvalue weighted by atomic mass is 16.6. The van der Waals surface area contributed by atoms with Crippen LogP contribution in [0.15, 0.2) is 54.6 Å². The summed E-state index contributed by atoms with van der Waals surface area (Å²) in [4.78, 5) is 12.1. The van der Waals surface area contributed by atoms with Gasteiger partial charge in [0.1, 0.15) is 12.4 Å². The van der Waals surface area contributed by atoms with Gasteiger partial charge in [-0.1, -0.05) is 36.4 Å². The fourth-order valence-electron chi connectivity index (χ4n) is 1.81. The standard InChI is InChI=1S/C17H19NO3/c1-17(2,21-15-10-6-9-14(18)11-15)16(19)20-12-13-7-4-3-5-8-13/h3-11H,12,18H2,1-2H3. The Morgan fingerprint density at radius 3 is 2.48 bits per heavy atom. The average molecular weight is 285 g/mol. The highest BCUT2D eigenvalue weighted by molar-refractivity contribution is 5.79. The topological polar surface area (TPSA) is 61.5 Å². The number of nitrogen functional groups attached to an aromatic ring is 1. The third kappa shape index (κ3) is 4.24. The number of nitrogens with two attached hydrogens (primary N) is 1. The van der Waals surface area contributed by atoms with Gasteiger partial charge >= 0.3 is 5.97 Å². The molecule has 0 saturated carbocycles. The molecular formula is C17H19NO3. The number of benzene rings is 2. The largest absolute Gasteiger partial charge is 0.476 e. The minimum Gasteiger partial charge on any atom is -0.476 e. The van der Waals surface area contributed by atoms with E-state index in [0.29, 0.717) is 11.4 Å². The highest BCUT2D eigenvalue weighted by Gasteiger charge is 2.31. The van der Waals surface area contributed by atoms with E-state index in [9.17, 15) is 4.79 Å². The van der Waals surface area contributed by atoms with E-state index in [2.05, 4.69) is 0 Å². The molecule has 2 N–H and O–H groups in total. The third-order valence-corrected chi connectivity index (χ3v) is 2.94. The molecule has 0 heterocycles. The summed E-state index contributed by atoms with van der Waals surface area (Å²) in [5.74, 6) is 0.116. The van der Waals surface area contributed by atoms with Gasteiger partial charge in [-0.05, 0) is 31.5 Å². The van der Waals surface area contributed by atoms with E-state index in [1.165, 1.54) is 0 Å². The number of hydrogen-bond acceptors (Lipinski definition) is 4. The van der Waals surface area contributed by atoms with Crippen molar-refractivity contribution in [3.05, 3.63) is 60.2 Å². The number of carbonyl (C=O) groups excluding carboxylic acids is 1. The van der Waals surface area contributed by atoms with E-state index in [1.807, 2.05) is 30.3 Å². The lowest BCUT2D eigenvalue weighted by Crippen LogP contribution is -2.39. The van der Waals surface area contributed by atoms with Crippen LogP contribution in [0.5, 0.6) is 5.75 Å². The van der Waals surface area contributed by atoms with Crippen LogP contribution < -0.4 is 10.5 Å². The summed E-state index contributed by atoms with van der Waals surface area (Å²) in [5.41, 5.74) is 6.13. The summed E-state index contributed by atoms with van der Waals surface area (Å²) < 4.78 is 11.0. The van der Waals surface area contributed by atoms with Crippen LogP contribution in [0.1, 0.15) is 19.4 Å². The van der Waals surface area contributed by atoms with E-state index >= 15 is 0 Å². The van der Waals surface area contributed by atoms with Gasteiger partial charge < -0.3 is 15.2 Å². The summed E-state index contributed by atoms with van der Waals surface area (Å²) in [6.45, 7) is 3.57. The first-order valence-electron chi connectivity index (χ1n) is 6.73. The summed E-state index contributed by atoms with van der Waals surface area (Å²) >= 11 is 0. The van der Waals surface area contributed by atoms with Gasteiger partial charge in [-0.3, -0.25) is 0 Å². The molecular weight excluding hydrogens is 266 g/mol. The van der Waals surface area contributed by atoms with Crippen LogP contribution in [0.2, 0.25) is 0 Å². The summed E-state index contributed by atoms with van der Waals surface area (Å²) in [6.07, 6.45) is 0. The lowest BCUT2D eigenvalue weighted by atomic mass is 10.1. The zero-order valence-electron chi connectivity index (χ0n) is 12.2. The number of hydrogen-bond donors (Lipinski definition) is 1. The molecule has 0 saturated heterocycles. The van der Waals surface area contributed by atoms with Crippen LogP contribution in [-0.4, -0.2) is 11.6 Å². The molecule has 0 aliphatic heterocycles. The smallest absolute Gasteiger partial charge is 0.350 e. The van der Waals surface area contributed by atoms with Crippen molar-refractivity contribution in [3.8, 4) is 5.75 Å². The molecule has 2 rings (SSSR count). The molecule has 4 nitrogen and oxygen atoms in total. The van der Waals surface area contributed by atoms with Crippen molar-refractivity contribution in [2.75, 3.05) is 5.73 Å². The van der Waals surface area contributed by atoms with E-state index in [1.54, 1.807) is 38.1 Å². The Morgan fingerprint density at radius 2 is 1.81 bits per heavy atom. The number of ether oxygens (including phenoxy) is 2. The predicted molar refractivity (Wildman–Crippen MR) is 81.8 cm³/mol. The van der Waals surface area contributed by atoms with Crippen molar-refractivity contribution in [2.24, 2.45) is 0 Å².